The summed E-state index contributed by atoms with van der Waals surface area (Å²) in [5, 5.41) is 3.86. The van der Waals surface area contributed by atoms with Crippen LogP contribution < -0.4 is 14.8 Å². The van der Waals surface area contributed by atoms with Gasteiger partial charge in [-0.3, -0.25) is 0 Å². The van der Waals surface area contributed by atoms with E-state index in [1.165, 1.54) is 12.1 Å². The number of nitrogens with one attached hydrogen (secondary N) is 2. The van der Waals surface area contributed by atoms with Gasteiger partial charge in [-0.15, -0.1) is 0 Å². The molecule has 3 aromatic rings. The van der Waals surface area contributed by atoms with Crippen molar-refractivity contribution in [1.82, 2.24) is 4.72 Å². The maximum absolute atomic E-state index is 12.6. The number of benzene rings is 3. The average Bonchev–Trinajstić information content (AvgIpc) is 2.72. The molecule has 0 heterocycles. The van der Waals surface area contributed by atoms with E-state index >= 15 is 0 Å². The van der Waals surface area contributed by atoms with Crippen molar-refractivity contribution in [2.45, 2.75) is 10.9 Å². The summed E-state index contributed by atoms with van der Waals surface area (Å²) in [5.74, 6) is 0.755. The summed E-state index contributed by atoms with van der Waals surface area (Å²) in [4.78, 5) is 0.174. The zero-order chi connectivity index (χ0) is 20.0. The summed E-state index contributed by atoms with van der Waals surface area (Å²) in [6.07, 6.45) is 0. The Morgan fingerprint density at radius 1 is 0.929 bits per heavy atom. The van der Waals surface area contributed by atoms with Gasteiger partial charge in [0.05, 0.1) is 18.0 Å². The fourth-order valence-corrected chi connectivity index (χ4v) is 3.89. The molecule has 0 unspecified atom stereocenters. The van der Waals surface area contributed by atoms with Crippen LogP contribution in [-0.2, 0) is 10.0 Å². The van der Waals surface area contributed by atoms with E-state index in [9.17, 15) is 8.42 Å². The fourth-order valence-electron chi connectivity index (χ4n) is 2.72. The zero-order valence-corrected chi connectivity index (χ0v) is 16.9. The summed E-state index contributed by atoms with van der Waals surface area (Å²) in [6, 6.07) is 23.0. The van der Waals surface area contributed by atoms with Gasteiger partial charge >= 0.3 is 0 Å². The number of hydrogen-bond donors (Lipinski definition) is 2. The van der Waals surface area contributed by atoms with Crippen LogP contribution in [0.1, 0.15) is 11.6 Å². The molecule has 146 valence electrons. The Bertz CT molecular complexity index is 992. The van der Waals surface area contributed by atoms with E-state index in [-0.39, 0.29) is 17.5 Å². The molecule has 0 fully saturated rings. The quantitative estimate of drug-likeness (QED) is 0.568. The van der Waals surface area contributed by atoms with Crippen molar-refractivity contribution in [1.29, 1.82) is 0 Å². The Morgan fingerprint density at radius 3 is 2.18 bits per heavy atom. The highest BCUT2D eigenvalue weighted by Crippen LogP contribution is 2.22. The molecule has 0 aliphatic carbocycles. The van der Waals surface area contributed by atoms with Gasteiger partial charge < -0.3 is 10.1 Å². The monoisotopic (exact) mass is 416 g/mol. The molecule has 1 atom stereocenters. The lowest BCUT2D eigenvalue weighted by atomic mass is 10.1. The molecule has 3 rings (SSSR count). The van der Waals surface area contributed by atoms with E-state index in [1.807, 2.05) is 54.6 Å². The predicted molar refractivity (Wildman–Crippen MR) is 112 cm³/mol. The van der Waals surface area contributed by atoms with E-state index in [2.05, 4.69) is 10.0 Å². The van der Waals surface area contributed by atoms with Crippen LogP contribution in [0.25, 0.3) is 0 Å². The van der Waals surface area contributed by atoms with Crippen molar-refractivity contribution in [3.8, 4) is 5.75 Å². The summed E-state index contributed by atoms with van der Waals surface area (Å²) in [7, 11) is -2.04. The van der Waals surface area contributed by atoms with Crippen molar-refractivity contribution < 1.29 is 13.2 Å². The Kier molecular flexibility index (Phi) is 6.57. The topological polar surface area (TPSA) is 67.4 Å². The summed E-state index contributed by atoms with van der Waals surface area (Å²) in [6.45, 7) is 0.182. The number of halogens is 1. The van der Waals surface area contributed by atoms with Crippen LogP contribution in [-0.4, -0.2) is 22.1 Å². The number of sulfonamides is 1. The van der Waals surface area contributed by atoms with Gasteiger partial charge in [0.15, 0.2) is 0 Å². The van der Waals surface area contributed by atoms with E-state index in [0.29, 0.717) is 5.02 Å². The van der Waals surface area contributed by atoms with Crippen LogP contribution in [0, 0.1) is 0 Å². The summed E-state index contributed by atoms with van der Waals surface area (Å²) >= 11 is 5.85. The fraction of sp³-hybridized carbons (Fsp3) is 0.143. The lowest BCUT2D eigenvalue weighted by molar-refractivity contribution is 0.415. The smallest absolute Gasteiger partial charge is 0.240 e. The van der Waals surface area contributed by atoms with Crippen LogP contribution in [0.5, 0.6) is 5.75 Å². The second-order valence-corrected chi connectivity index (χ2v) is 8.35. The van der Waals surface area contributed by atoms with Gasteiger partial charge in [0, 0.05) is 17.3 Å². The van der Waals surface area contributed by atoms with Gasteiger partial charge in [0.1, 0.15) is 5.75 Å². The van der Waals surface area contributed by atoms with E-state index in [1.54, 1.807) is 19.2 Å². The zero-order valence-electron chi connectivity index (χ0n) is 15.3. The molecule has 0 saturated carbocycles. The first kappa shape index (κ1) is 20.2. The molecule has 0 radical (unpaired) electrons. The SMILES string of the molecule is COc1ccc(N[C@@H](CNS(=O)(=O)c2ccc(Cl)cc2)c2ccccc2)cc1. The molecule has 0 saturated heterocycles. The minimum Gasteiger partial charge on any atom is -0.497 e. The largest absolute Gasteiger partial charge is 0.497 e. The third-order valence-electron chi connectivity index (χ3n) is 4.23. The van der Waals surface area contributed by atoms with Crippen molar-refractivity contribution in [2.24, 2.45) is 0 Å². The second kappa shape index (κ2) is 9.10. The Balaban J connectivity index is 1.78. The lowest BCUT2D eigenvalue weighted by Crippen LogP contribution is -2.31. The van der Waals surface area contributed by atoms with Gasteiger partial charge in [-0.25, -0.2) is 13.1 Å². The van der Waals surface area contributed by atoms with Gasteiger partial charge in [-0.05, 0) is 54.1 Å². The third kappa shape index (κ3) is 5.25. The van der Waals surface area contributed by atoms with Crippen molar-refractivity contribution >= 4 is 27.3 Å². The number of anilines is 1. The standard InChI is InChI=1S/C21H21ClN2O3S/c1-27-19-11-9-18(10-12-19)24-21(16-5-3-2-4-6-16)15-23-28(25,26)20-13-7-17(22)8-14-20/h2-14,21,23-24H,15H2,1H3/t21-/m0/s1. The van der Waals surface area contributed by atoms with Crippen molar-refractivity contribution in [3.63, 3.8) is 0 Å². The molecule has 0 bridgehead atoms. The first-order valence-corrected chi connectivity index (χ1v) is 10.5. The molecule has 3 aromatic carbocycles. The molecule has 5 nitrogen and oxygen atoms in total. The van der Waals surface area contributed by atoms with Crippen LogP contribution >= 0.6 is 11.6 Å². The Labute approximate surface area is 170 Å². The molecular weight excluding hydrogens is 396 g/mol. The number of methoxy groups -OCH3 is 1. The van der Waals surface area contributed by atoms with Crippen molar-refractivity contribution in [3.05, 3.63) is 89.4 Å². The highest BCUT2D eigenvalue weighted by atomic mass is 35.5. The first-order chi connectivity index (χ1) is 13.5. The van der Waals surface area contributed by atoms with Crippen molar-refractivity contribution in [2.75, 3.05) is 19.0 Å². The van der Waals surface area contributed by atoms with E-state index in [4.69, 9.17) is 16.3 Å². The number of rotatable bonds is 8. The molecule has 0 amide bonds. The van der Waals surface area contributed by atoms with Crippen LogP contribution in [0.3, 0.4) is 0 Å². The minimum absolute atomic E-state index is 0.174. The van der Waals surface area contributed by atoms with E-state index < -0.39 is 10.0 Å². The molecule has 0 aliphatic heterocycles. The Hall–Kier alpha value is -2.54. The maximum atomic E-state index is 12.6. The second-order valence-electron chi connectivity index (χ2n) is 6.14. The predicted octanol–water partition coefficient (Wildman–Crippen LogP) is 4.48. The Morgan fingerprint density at radius 2 is 1.57 bits per heavy atom. The van der Waals surface area contributed by atoms with E-state index in [0.717, 1.165) is 17.0 Å². The molecule has 28 heavy (non-hydrogen) atoms. The number of hydrogen-bond acceptors (Lipinski definition) is 4. The molecular formula is C21H21ClN2O3S. The lowest BCUT2D eigenvalue weighted by Gasteiger charge is -2.21. The highest BCUT2D eigenvalue weighted by Gasteiger charge is 2.18. The van der Waals surface area contributed by atoms with Crippen LogP contribution in [0.15, 0.2) is 83.8 Å². The van der Waals surface area contributed by atoms with Gasteiger partial charge in [0.25, 0.3) is 0 Å². The van der Waals surface area contributed by atoms with Gasteiger partial charge in [-0.2, -0.15) is 0 Å². The molecule has 0 aromatic heterocycles. The molecule has 0 aliphatic rings. The molecule has 7 heteroatoms. The molecule has 0 spiro atoms. The maximum Gasteiger partial charge on any atom is 0.240 e. The minimum atomic E-state index is -3.65. The van der Waals surface area contributed by atoms with Crippen LogP contribution in [0.4, 0.5) is 5.69 Å². The van der Waals surface area contributed by atoms with Gasteiger partial charge in [0.2, 0.25) is 10.0 Å². The molecule has 2 N–H and O–H groups in total. The summed E-state index contributed by atoms with van der Waals surface area (Å²) < 4.78 is 33.1. The first-order valence-electron chi connectivity index (χ1n) is 8.69. The van der Waals surface area contributed by atoms with Gasteiger partial charge in [-0.1, -0.05) is 41.9 Å². The average molecular weight is 417 g/mol. The van der Waals surface area contributed by atoms with Crippen LogP contribution in [0.2, 0.25) is 5.02 Å². The highest BCUT2D eigenvalue weighted by molar-refractivity contribution is 7.89. The summed E-state index contributed by atoms with van der Waals surface area (Å²) in [5.41, 5.74) is 1.83. The number of ether oxygens (including phenoxy) is 1. The third-order valence-corrected chi connectivity index (χ3v) is 5.93. The normalized spacial score (nSPS) is 12.4.